The van der Waals surface area contributed by atoms with Gasteiger partial charge < -0.3 is 19.8 Å². The van der Waals surface area contributed by atoms with Crippen molar-refractivity contribution >= 4 is 17.9 Å². The topological polar surface area (TPSA) is 83.8 Å². The molecular formula is C28H35N3O4. The van der Waals surface area contributed by atoms with Crippen LogP contribution in [0, 0.1) is 5.92 Å². The SMILES string of the molecule is CNC(=O)[C@@H](NC(=O)c1ccc(-c2ccc3c(c2)CC(CN2CCOCC2)=C3)o1)C1CCCCC1. The largest absolute Gasteiger partial charge is 0.451 e. The van der Waals surface area contributed by atoms with Gasteiger partial charge in [0.25, 0.3) is 5.91 Å². The lowest BCUT2D eigenvalue weighted by Gasteiger charge is -2.29. The second-order valence-corrected chi connectivity index (χ2v) is 9.91. The zero-order valence-corrected chi connectivity index (χ0v) is 20.5. The fourth-order valence-corrected chi connectivity index (χ4v) is 5.56. The molecule has 7 heteroatoms. The van der Waals surface area contributed by atoms with Gasteiger partial charge in [0, 0.05) is 32.2 Å². The van der Waals surface area contributed by atoms with E-state index in [0.717, 1.165) is 70.5 Å². The monoisotopic (exact) mass is 477 g/mol. The molecule has 1 aromatic carbocycles. The Kier molecular flexibility index (Phi) is 7.35. The average molecular weight is 478 g/mol. The van der Waals surface area contributed by atoms with Crippen LogP contribution in [0.25, 0.3) is 17.4 Å². The van der Waals surface area contributed by atoms with Crippen molar-refractivity contribution in [3.8, 4) is 11.3 Å². The number of amides is 2. The van der Waals surface area contributed by atoms with Gasteiger partial charge >= 0.3 is 0 Å². The highest BCUT2D eigenvalue weighted by atomic mass is 16.5. The number of hydrogen-bond acceptors (Lipinski definition) is 5. The maximum Gasteiger partial charge on any atom is 0.287 e. The number of fused-ring (bicyclic) bond motifs is 1. The minimum atomic E-state index is -0.530. The molecule has 5 rings (SSSR count). The van der Waals surface area contributed by atoms with Gasteiger partial charge in [-0.25, -0.2) is 0 Å². The minimum absolute atomic E-state index is 0.143. The van der Waals surface area contributed by atoms with Crippen molar-refractivity contribution in [1.29, 1.82) is 0 Å². The van der Waals surface area contributed by atoms with Crippen LogP contribution >= 0.6 is 0 Å². The summed E-state index contributed by atoms with van der Waals surface area (Å²) >= 11 is 0. The molecule has 0 unspecified atom stereocenters. The average Bonchev–Trinajstić information content (AvgIpc) is 3.54. The van der Waals surface area contributed by atoms with Crippen molar-refractivity contribution in [2.24, 2.45) is 5.92 Å². The summed E-state index contributed by atoms with van der Waals surface area (Å²) in [6.07, 6.45) is 8.53. The Labute approximate surface area is 206 Å². The lowest BCUT2D eigenvalue weighted by molar-refractivity contribution is -0.124. The molecule has 2 aliphatic carbocycles. The van der Waals surface area contributed by atoms with Gasteiger partial charge in [0.2, 0.25) is 5.91 Å². The molecule has 2 aromatic rings. The summed E-state index contributed by atoms with van der Waals surface area (Å²) in [5, 5.41) is 5.64. The van der Waals surface area contributed by atoms with Crippen molar-refractivity contribution in [2.75, 3.05) is 39.9 Å². The molecule has 0 radical (unpaired) electrons. The number of furan rings is 1. The van der Waals surface area contributed by atoms with Gasteiger partial charge in [0.1, 0.15) is 11.8 Å². The highest BCUT2D eigenvalue weighted by Gasteiger charge is 2.31. The second-order valence-electron chi connectivity index (χ2n) is 9.91. The third-order valence-corrected chi connectivity index (χ3v) is 7.50. The highest BCUT2D eigenvalue weighted by molar-refractivity contribution is 5.96. The number of benzene rings is 1. The Hall–Kier alpha value is -2.90. The maximum absolute atomic E-state index is 13.0. The van der Waals surface area contributed by atoms with Crippen molar-refractivity contribution in [3.05, 3.63) is 52.8 Å². The van der Waals surface area contributed by atoms with Gasteiger partial charge in [-0.1, -0.05) is 43.0 Å². The van der Waals surface area contributed by atoms with Crippen molar-refractivity contribution in [1.82, 2.24) is 15.5 Å². The van der Waals surface area contributed by atoms with Crippen LogP contribution in [-0.4, -0.2) is 62.7 Å². The van der Waals surface area contributed by atoms with Crippen LogP contribution in [0.1, 0.15) is 53.8 Å². The lowest BCUT2D eigenvalue weighted by Crippen LogP contribution is -2.50. The second kappa shape index (κ2) is 10.8. The first-order valence-electron chi connectivity index (χ1n) is 12.9. The quantitative estimate of drug-likeness (QED) is 0.636. The zero-order valence-electron chi connectivity index (χ0n) is 20.5. The first-order chi connectivity index (χ1) is 17.1. The highest BCUT2D eigenvalue weighted by Crippen LogP contribution is 2.32. The van der Waals surface area contributed by atoms with E-state index in [1.54, 1.807) is 13.1 Å². The molecular weight excluding hydrogens is 442 g/mol. The molecule has 3 aliphatic rings. The van der Waals surface area contributed by atoms with E-state index in [9.17, 15) is 9.59 Å². The van der Waals surface area contributed by atoms with Gasteiger partial charge in [-0.2, -0.15) is 0 Å². The Morgan fingerprint density at radius 3 is 2.66 bits per heavy atom. The number of morpholine rings is 1. The van der Waals surface area contributed by atoms with Crippen molar-refractivity contribution in [3.63, 3.8) is 0 Å². The first kappa shape index (κ1) is 23.8. The summed E-state index contributed by atoms with van der Waals surface area (Å²) in [6.45, 7) is 4.56. The maximum atomic E-state index is 13.0. The van der Waals surface area contributed by atoms with Gasteiger partial charge in [-0.3, -0.25) is 14.5 Å². The first-order valence-corrected chi connectivity index (χ1v) is 12.9. The van der Waals surface area contributed by atoms with Crippen LogP contribution in [0.2, 0.25) is 0 Å². The third kappa shape index (κ3) is 5.52. The molecule has 35 heavy (non-hydrogen) atoms. The molecule has 0 spiro atoms. The molecule has 2 amide bonds. The smallest absolute Gasteiger partial charge is 0.287 e. The number of nitrogens with one attached hydrogen (secondary N) is 2. The number of hydrogen-bond donors (Lipinski definition) is 2. The fourth-order valence-electron chi connectivity index (χ4n) is 5.56. The van der Waals surface area contributed by atoms with Crippen LogP contribution < -0.4 is 10.6 Å². The lowest BCUT2D eigenvalue weighted by atomic mass is 9.83. The van der Waals surface area contributed by atoms with E-state index in [-0.39, 0.29) is 23.5 Å². The number of ether oxygens (including phenoxy) is 1. The minimum Gasteiger partial charge on any atom is -0.451 e. The molecule has 2 heterocycles. The Morgan fingerprint density at radius 1 is 1.09 bits per heavy atom. The summed E-state index contributed by atoms with van der Waals surface area (Å²) in [5.41, 5.74) is 4.91. The molecule has 1 aromatic heterocycles. The number of carbonyl (C=O) groups is 2. The molecule has 0 bridgehead atoms. The molecule has 1 aliphatic heterocycles. The number of carbonyl (C=O) groups excluding carboxylic acids is 2. The van der Waals surface area contributed by atoms with Crippen molar-refractivity contribution in [2.45, 2.75) is 44.6 Å². The Morgan fingerprint density at radius 2 is 1.89 bits per heavy atom. The van der Waals surface area contributed by atoms with E-state index in [4.69, 9.17) is 9.15 Å². The predicted molar refractivity (Wildman–Crippen MR) is 135 cm³/mol. The number of nitrogens with zero attached hydrogens (tertiary/aromatic N) is 1. The van der Waals surface area contributed by atoms with E-state index < -0.39 is 6.04 Å². The van der Waals surface area contributed by atoms with Gasteiger partial charge in [0.15, 0.2) is 5.76 Å². The standard InChI is InChI=1S/C28H35N3O4/c1-29-28(33)26(20-5-3-2-4-6-20)30-27(32)25-10-9-24(35-25)22-8-7-21-15-19(16-23(21)17-22)18-31-11-13-34-14-12-31/h7-10,15,17,20,26H,2-6,11-14,16,18H2,1H3,(H,29,33)(H,30,32)/t26-/m0/s1. The zero-order chi connectivity index (χ0) is 24.2. The van der Waals surface area contributed by atoms with E-state index in [2.05, 4.69) is 33.7 Å². The fraction of sp³-hybridized carbons (Fsp3) is 0.500. The number of rotatable bonds is 7. The predicted octanol–water partition coefficient (Wildman–Crippen LogP) is 3.64. The van der Waals surface area contributed by atoms with E-state index in [0.29, 0.717) is 5.76 Å². The summed E-state index contributed by atoms with van der Waals surface area (Å²) in [6, 6.07) is 9.34. The third-order valence-electron chi connectivity index (χ3n) is 7.50. The van der Waals surface area contributed by atoms with E-state index in [1.165, 1.54) is 23.1 Å². The van der Waals surface area contributed by atoms with E-state index >= 15 is 0 Å². The Balaban J connectivity index is 1.24. The molecule has 7 nitrogen and oxygen atoms in total. The summed E-state index contributed by atoms with van der Waals surface area (Å²) < 4.78 is 11.4. The molecule has 1 saturated heterocycles. The van der Waals surface area contributed by atoms with Crippen LogP contribution in [0.3, 0.4) is 0 Å². The molecule has 1 saturated carbocycles. The van der Waals surface area contributed by atoms with Crippen LogP contribution in [0.15, 0.2) is 40.3 Å². The number of likely N-dealkylation sites (N-methyl/N-ethyl adjacent to an activating group) is 1. The summed E-state index contributed by atoms with van der Waals surface area (Å²) in [5.74, 6) is 0.574. The van der Waals surface area contributed by atoms with Crippen LogP contribution in [-0.2, 0) is 16.0 Å². The van der Waals surface area contributed by atoms with Crippen LogP contribution in [0.5, 0.6) is 0 Å². The normalized spacial score (nSPS) is 19.6. The molecule has 2 N–H and O–H groups in total. The summed E-state index contributed by atoms with van der Waals surface area (Å²) in [7, 11) is 1.62. The van der Waals surface area contributed by atoms with E-state index in [1.807, 2.05) is 12.1 Å². The molecule has 186 valence electrons. The van der Waals surface area contributed by atoms with Gasteiger partial charge in [-0.05, 0) is 54.5 Å². The van der Waals surface area contributed by atoms with Crippen LogP contribution in [0.4, 0.5) is 0 Å². The van der Waals surface area contributed by atoms with Crippen molar-refractivity contribution < 1.29 is 18.7 Å². The van der Waals surface area contributed by atoms with Gasteiger partial charge in [-0.15, -0.1) is 0 Å². The molecule has 2 fully saturated rings. The molecule has 1 atom stereocenters. The summed E-state index contributed by atoms with van der Waals surface area (Å²) in [4.78, 5) is 27.9. The van der Waals surface area contributed by atoms with Gasteiger partial charge in [0.05, 0.1) is 13.2 Å². The Bertz CT molecular complexity index is 1090.